The second-order valence-electron chi connectivity index (χ2n) is 6.08. The van der Waals surface area contributed by atoms with Gasteiger partial charge in [-0.2, -0.15) is 0 Å². The Kier molecular flexibility index (Phi) is 5.45. The average Bonchev–Trinajstić information content (AvgIpc) is 2.41. The molecule has 0 aromatic carbocycles. The minimum atomic E-state index is -0.277. The van der Waals surface area contributed by atoms with Crippen molar-refractivity contribution in [3.63, 3.8) is 0 Å². The molecule has 0 aromatic heterocycles. The molecule has 2 rings (SSSR count). The van der Waals surface area contributed by atoms with Crippen LogP contribution in [0.1, 0.15) is 32.6 Å². The van der Waals surface area contributed by atoms with Crippen LogP contribution in [0.3, 0.4) is 0 Å². The first-order valence-corrected chi connectivity index (χ1v) is 7.65. The summed E-state index contributed by atoms with van der Waals surface area (Å²) in [4.78, 5) is 15.3. The summed E-state index contributed by atoms with van der Waals surface area (Å²) in [6.45, 7) is 8.68. The van der Waals surface area contributed by atoms with Gasteiger partial charge >= 0.3 is 6.03 Å². The molecule has 5 heteroatoms. The van der Waals surface area contributed by atoms with Crippen molar-refractivity contribution in [1.82, 2.24) is 15.1 Å². The van der Waals surface area contributed by atoms with Crippen molar-refractivity contribution >= 4 is 6.03 Å². The number of hydrogen-bond acceptors (Lipinski definition) is 3. The largest absolute Gasteiger partial charge is 0.351 e. The van der Waals surface area contributed by atoms with E-state index in [0.717, 1.165) is 44.9 Å². The lowest BCUT2D eigenvalue weighted by Gasteiger charge is -2.33. The molecule has 2 aliphatic heterocycles. The second kappa shape index (κ2) is 7.10. The number of likely N-dealkylation sites (tertiary alicyclic amines) is 2. The number of nitrogens with two attached hydrogens (primary N) is 1. The molecule has 0 saturated carbocycles. The van der Waals surface area contributed by atoms with Crippen molar-refractivity contribution < 1.29 is 4.79 Å². The van der Waals surface area contributed by atoms with E-state index in [1.165, 1.54) is 25.9 Å². The first-order valence-electron chi connectivity index (χ1n) is 7.65. The molecular formula is C14H28N4O. The fourth-order valence-corrected chi connectivity index (χ4v) is 3.02. The van der Waals surface area contributed by atoms with Crippen LogP contribution in [0.15, 0.2) is 0 Å². The van der Waals surface area contributed by atoms with E-state index in [9.17, 15) is 4.79 Å². The van der Waals surface area contributed by atoms with Gasteiger partial charge in [0, 0.05) is 32.2 Å². The Morgan fingerprint density at radius 2 is 1.79 bits per heavy atom. The molecule has 110 valence electrons. The standard InChI is InChI=1S/C14H28N4O/c1-12-2-7-17(8-3-12)11-6-16-13-4-9-18(10-5-13)14(15)19/h12-13,16H,2-11H2,1H3,(H2,15,19). The maximum absolute atomic E-state index is 11.0. The molecule has 0 aromatic rings. The fourth-order valence-electron chi connectivity index (χ4n) is 3.02. The Hall–Kier alpha value is -0.810. The van der Waals surface area contributed by atoms with Crippen LogP contribution in [0.2, 0.25) is 0 Å². The van der Waals surface area contributed by atoms with Crippen molar-refractivity contribution in [1.29, 1.82) is 0 Å². The number of nitrogens with one attached hydrogen (secondary N) is 1. The Labute approximate surface area is 116 Å². The van der Waals surface area contributed by atoms with Crippen molar-refractivity contribution in [2.75, 3.05) is 39.3 Å². The molecule has 0 radical (unpaired) electrons. The zero-order valence-electron chi connectivity index (χ0n) is 12.1. The fraction of sp³-hybridized carbons (Fsp3) is 0.929. The van der Waals surface area contributed by atoms with Gasteiger partial charge < -0.3 is 20.9 Å². The van der Waals surface area contributed by atoms with Crippen molar-refractivity contribution in [3.05, 3.63) is 0 Å². The van der Waals surface area contributed by atoms with Gasteiger partial charge in [-0.1, -0.05) is 6.92 Å². The van der Waals surface area contributed by atoms with Crippen LogP contribution in [0.25, 0.3) is 0 Å². The van der Waals surface area contributed by atoms with E-state index in [1.54, 1.807) is 4.90 Å². The minimum Gasteiger partial charge on any atom is -0.351 e. The molecule has 2 aliphatic rings. The Bertz CT molecular complexity index is 281. The topological polar surface area (TPSA) is 61.6 Å². The van der Waals surface area contributed by atoms with Crippen LogP contribution in [0, 0.1) is 5.92 Å². The molecule has 0 unspecified atom stereocenters. The van der Waals surface area contributed by atoms with Crippen LogP contribution in [-0.4, -0.2) is 61.1 Å². The van der Waals surface area contributed by atoms with Gasteiger partial charge in [-0.25, -0.2) is 4.79 Å². The molecular weight excluding hydrogens is 240 g/mol. The zero-order chi connectivity index (χ0) is 13.7. The lowest BCUT2D eigenvalue weighted by molar-refractivity contribution is 0.175. The van der Waals surface area contributed by atoms with E-state index in [4.69, 9.17) is 5.73 Å². The van der Waals surface area contributed by atoms with E-state index in [-0.39, 0.29) is 6.03 Å². The summed E-state index contributed by atoms with van der Waals surface area (Å²) in [5, 5.41) is 3.62. The molecule has 2 heterocycles. The molecule has 2 saturated heterocycles. The normalized spacial score (nSPS) is 23.7. The first kappa shape index (κ1) is 14.6. The summed E-state index contributed by atoms with van der Waals surface area (Å²) in [7, 11) is 0. The smallest absolute Gasteiger partial charge is 0.314 e. The molecule has 0 aliphatic carbocycles. The summed E-state index contributed by atoms with van der Waals surface area (Å²) in [5.74, 6) is 0.905. The van der Waals surface area contributed by atoms with Crippen LogP contribution in [0.4, 0.5) is 4.79 Å². The number of nitrogens with zero attached hydrogens (tertiary/aromatic N) is 2. The quantitative estimate of drug-likeness (QED) is 0.794. The van der Waals surface area contributed by atoms with Crippen molar-refractivity contribution in [2.24, 2.45) is 11.7 Å². The van der Waals surface area contributed by atoms with Crippen LogP contribution >= 0.6 is 0 Å². The molecule has 2 amide bonds. The number of amides is 2. The summed E-state index contributed by atoms with van der Waals surface area (Å²) in [5.41, 5.74) is 5.28. The van der Waals surface area contributed by atoms with Gasteiger partial charge in [-0.05, 0) is 44.7 Å². The van der Waals surface area contributed by atoms with E-state index in [2.05, 4.69) is 17.1 Å². The zero-order valence-corrected chi connectivity index (χ0v) is 12.1. The molecule has 2 fully saturated rings. The monoisotopic (exact) mass is 268 g/mol. The van der Waals surface area contributed by atoms with E-state index in [0.29, 0.717) is 6.04 Å². The lowest BCUT2D eigenvalue weighted by atomic mass is 9.99. The highest BCUT2D eigenvalue weighted by molar-refractivity contribution is 5.72. The second-order valence-corrected chi connectivity index (χ2v) is 6.08. The van der Waals surface area contributed by atoms with E-state index in [1.807, 2.05) is 0 Å². The molecule has 0 atom stereocenters. The maximum Gasteiger partial charge on any atom is 0.314 e. The van der Waals surface area contributed by atoms with Crippen molar-refractivity contribution in [3.8, 4) is 0 Å². The summed E-state index contributed by atoms with van der Waals surface area (Å²) < 4.78 is 0. The Morgan fingerprint density at radius 1 is 1.16 bits per heavy atom. The summed E-state index contributed by atoms with van der Waals surface area (Å²) in [6, 6.07) is 0.278. The third-order valence-electron chi connectivity index (χ3n) is 4.54. The number of urea groups is 1. The van der Waals surface area contributed by atoms with E-state index < -0.39 is 0 Å². The van der Waals surface area contributed by atoms with Gasteiger partial charge in [0.25, 0.3) is 0 Å². The molecule has 19 heavy (non-hydrogen) atoms. The first-order chi connectivity index (χ1) is 9.15. The average molecular weight is 268 g/mol. The van der Waals surface area contributed by atoms with Gasteiger partial charge in [0.1, 0.15) is 0 Å². The molecule has 0 bridgehead atoms. The predicted molar refractivity (Wildman–Crippen MR) is 77.0 cm³/mol. The maximum atomic E-state index is 11.0. The van der Waals surface area contributed by atoms with Crippen LogP contribution < -0.4 is 11.1 Å². The van der Waals surface area contributed by atoms with Crippen LogP contribution in [0.5, 0.6) is 0 Å². The molecule has 0 spiro atoms. The minimum absolute atomic E-state index is 0.277. The number of rotatable bonds is 4. The molecule has 5 nitrogen and oxygen atoms in total. The highest BCUT2D eigenvalue weighted by Crippen LogP contribution is 2.15. The number of hydrogen-bond donors (Lipinski definition) is 2. The van der Waals surface area contributed by atoms with Crippen LogP contribution in [-0.2, 0) is 0 Å². The Morgan fingerprint density at radius 3 is 2.37 bits per heavy atom. The van der Waals surface area contributed by atoms with Gasteiger partial charge in [0.15, 0.2) is 0 Å². The van der Waals surface area contributed by atoms with Gasteiger partial charge in [-0.3, -0.25) is 0 Å². The number of carbonyl (C=O) groups excluding carboxylic acids is 1. The lowest BCUT2D eigenvalue weighted by Crippen LogP contribution is -2.48. The van der Waals surface area contributed by atoms with Crippen molar-refractivity contribution in [2.45, 2.75) is 38.6 Å². The van der Waals surface area contributed by atoms with E-state index >= 15 is 0 Å². The number of carbonyl (C=O) groups is 1. The highest BCUT2D eigenvalue weighted by Gasteiger charge is 2.21. The number of primary amides is 1. The third-order valence-corrected chi connectivity index (χ3v) is 4.54. The predicted octanol–water partition coefficient (Wildman–Crippen LogP) is 0.851. The summed E-state index contributed by atoms with van der Waals surface area (Å²) >= 11 is 0. The number of piperidine rings is 2. The SMILES string of the molecule is CC1CCN(CCNC2CCN(C(N)=O)CC2)CC1. The van der Waals surface area contributed by atoms with Gasteiger partial charge in [0.05, 0.1) is 0 Å². The highest BCUT2D eigenvalue weighted by atomic mass is 16.2. The molecule has 3 N–H and O–H groups in total. The Balaban J connectivity index is 1.56. The van der Waals surface area contributed by atoms with Gasteiger partial charge in [-0.15, -0.1) is 0 Å². The summed E-state index contributed by atoms with van der Waals surface area (Å²) in [6.07, 6.45) is 4.74. The third kappa shape index (κ3) is 4.66. The van der Waals surface area contributed by atoms with Gasteiger partial charge in [0.2, 0.25) is 0 Å².